The molecule has 0 unspecified atom stereocenters. The molecule has 0 radical (unpaired) electrons. The molecule has 0 aliphatic carbocycles. The number of nitrogens with one attached hydrogen (secondary N) is 1. The second kappa shape index (κ2) is 7.36. The molecule has 0 atom stereocenters. The molecule has 1 aliphatic rings. The molecule has 4 heterocycles. The molecule has 8 heteroatoms. The van der Waals surface area contributed by atoms with E-state index in [-0.39, 0.29) is 17.0 Å². The van der Waals surface area contributed by atoms with E-state index in [0.717, 1.165) is 17.2 Å². The van der Waals surface area contributed by atoms with Crippen molar-refractivity contribution in [3.05, 3.63) is 70.8 Å². The molecule has 0 spiro atoms. The van der Waals surface area contributed by atoms with E-state index in [4.69, 9.17) is 0 Å². The fourth-order valence-electron chi connectivity index (χ4n) is 3.04. The normalized spacial score (nSPS) is 14.2. The Balaban J connectivity index is 1.41. The van der Waals surface area contributed by atoms with Gasteiger partial charge in [-0.2, -0.15) is 0 Å². The predicted octanol–water partition coefficient (Wildman–Crippen LogP) is 1.19. The molecular formula is C19H18N6O2. The number of nitrogens with zero attached hydrogens (tertiary/aromatic N) is 5. The van der Waals surface area contributed by atoms with Crippen LogP contribution in [-0.4, -0.2) is 57.2 Å². The minimum atomic E-state index is -0.360. The molecule has 0 bridgehead atoms. The SMILES string of the molecule is O=C(c1ccc[nH]c1=O)N1CCN(c2ccc(-c3ccccn3)nn2)CC1. The Bertz CT molecular complexity index is 979. The van der Waals surface area contributed by atoms with Crippen LogP contribution in [0.2, 0.25) is 0 Å². The molecule has 27 heavy (non-hydrogen) atoms. The highest BCUT2D eigenvalue weighted by atomic mass is 16.2. The Labute approximate surface area is 155 Å². The third kappa shape index (κ3) is 3.55. The quantitative estimate of drug-likeness (QED) is 0.752. The van der Waals surface area contributed by atoms with Crippen LogP contribution in [0.3, 0.4) is 0 Å². The molecule has 1 amide bonds. The molecule has 136 valence electrons. The van der Waals surface area contributed by atoms with Crippen LogP contribution in [0.5, 0.6) is 0 Å². The summed E-state index contributed by atoms with van der Waals surface area (Å²) in [6.07, 6.45) is 3.24. The van der Waals surface area contributed by atoms with Crippen molar-refractivity contribution in [2.45, 2.75) is 0 Å². The van der Waals surface area contributed by atoms with Gasteiger partial charge in [0.2, 0.25) is 0 Å². The van der Waals surface area contributed by atoms with Crippen molar-refractivity contribution in [2.75, 3.05) is 31.1 Å². The lowest BCUT2D eigenvalue weighted by Gasteiger charge is -2.35. The number of H-pyrrole nitrogens is 1. The zero-order valence-electron chi connectivity index (χ0n) is 14.6. The summed E-state index contributed by atoms with van der Waals surface area (Å²) in [5, 5.41) is 8.56. The fraction of sp³-hybridized carbons (Fsp3) is 0.211. The van der Waals surface area contributed by atoms with Crippen LogP contribution in [0.1, 0.15) is 10.4 Å². The summed E-state index contributed by atoms with van der Waals surface area (Å²) in [5.41, 5.74) is 1.31. The maximum atomic E-state index is 12.5. The number of carbonyl (C=O) groups excluding carboxylic acids is 1. The van der Waals surface area contributed by atoms with Gasteiger partial charge in [-0.1, -0.05) is 6.07 Å². The van der Waals surface area contributed by atoms with Gasteiger partial charge in [-0.05, 0) is 36.4 Å². The van der Waals surface area contributed by atoms with Crippen molar-refractivity contribution >= 4 is 11.7 Å². The smallest absolute Gasteiger partial charge is 0.260 e. The summed E-state index contributed by atoms with van der Waals surface area (Å²) in [6.45, 7) is 2.32. The minimum absolute atomic E-state index is 0.172. The summed E-state index contributed by atoms with van der Waals surface area (Å²) in [5.74, 6) is 0.521. The third-order valence-electron chi connectivity index (χ3n) is 4.52. The molecule has 1 fully saturated rings. The van der Waals surface area contributed by atoms with E-state index in [1.165, 1.54) is 6.20 Å². The van der Waals surface area contributed by atoms with Gasteiger partial charge in [0.25, 0.3) is 11.5 Å². The number of anilines is 1. The molecule has 1 N–H and O–H groups in total. The van der Waals surface area contributed by atoms with Gasteiger partial charge in [0.1, 0.15) is 11.3 Å². The molecule has 4 rings (SSSR count). The van der Waals surface area contributed by atoms with E-state index in [2.05, 4.69) is 25.1 Å². The Morgan fingerprint density at radius 2 is 1.78 bits per heavy atom. The third-order valence-corrected chi connectivity index (χ3v) is 4.52. The first-order valence-electron chi connectivity index (χ1n) is 8.69. The summed E-state index contributed by atoms with van der Waals surface area (Å²) in [4.78, 5) is 34.9. The first kappa shape index (κ1) is 16.9. The van der Waals surface area contributed by atoms with Crippen LogP contribution >= 0.6 is 0 Å². The number of rotatable bonds is 3. The van der Waals surface area contributed by atoms with Crippen molar-refractivity contribution < 1.29 is 4.79 Å². The second-order valence-corrected chi connectivity index (χ2v) is 6.18. The van der Waals surface area contributed by atoms with Crippen LogP contribution in [0, 0.1) is 0 Å². The van der Waals surface area contributed by atoms with E-state index < -0.39 is 0 Å². The van der Waals surface area contributed by atoms with E-state index in [1.54, 1.807) is 23.2 Å². The highest BCUT2D eigenvalue weighted by Gasteiger charge is 2.24. The lowest BCUT2D eigenvalue weighted by molar-refractivity contribution is 0.0744. The summed E-state index contributed by atoms with van der Waals surface area (Å²) < 4.78 is 0. The highest BCUT2D eigenvalue weighted by Crippen LogP contribution is 2.17. The highest BCUT2D eigenvalue weighted by molar-refractivity contribution is 5.93. The van der Waals surface area contributed by atoms with Gasteiger partial charge < -0.3 is 14.8 Å². The second-order valence-electron chi connectivity index (χ2n) is 6.18. The minimum Gasteiger partial charge on any atom is -0.352 e. The van der Waals surface area contributed by atoms with Crippen LogP contribution in [0.15, 0.2) is 59.7 Å². The molecule has 3 aromatic heterocycles. The van der Waals surface area contributed by atoms with Crippen molar-refractivity contribution in [2.24, 2.45) is 0 Å². The number of piperazine rings is 1. The number of carbonyl (C=O) groups is 1. The zero-order chi connectivity index (χ0) is 18.6. The molecule has 8 nitrogen and oxygen atoms in total. The van der Waals surface area contributed by atoms with Gasteiger partial charge in [0.15, 0.2) is 5.82 Å². The molecule has 1 saturated heterocycles. The Kier molecular flexibility index (Phi) is 4.61. The van der Waals surface area contributed by atoms with Crippen LogP contribution in [0.4, 0.5) is 5.82 Å². The van der Waals surface area contributed by atoms with Gasteiger partial charge in [-0.3, -0.25) is 14.6 Å². The van der Waals surface area contributed by atoms with E-state index in [0.29, 0.717) is 26.2 Å². The predicted molar refractivity (Wildman–Crippen MR) is 100 cm³/mol. The average molecular weight is 362 g/mol. The Morgan fingerprint density at radius 3 is 2.44 bits per heavy atom. The lowest BCUT2D eigenvalue weighted by atomic mass is 10.2. The fourth-order valence-corrected chi connectivity index (χ4v) is 3.04. The van der Waals surface area contributed by atoms with Gasteiger partial charge in [-0.25, -0.2) is 0 Å². The Hall–Kier alpha value is -3.55. The van der Waals surface area contributed by atoms with Gasteiger partial charge >= 0.3 is 0 Å². The standard InChI is InChI=1S/C19H18N6O2/c26-18-14(4-3-9-21-18)19(27)25-12-10-24(11-13-25)17-7-6-16(22-23-17)15-5-1-2-8-20-15/h1-9H,10-13H2,(H,21,26). The Morgan fingerprint density at radius 1 is 0.926 bits per heavy atom. The van der Waals surface area contributed by atoms with Gasteiger partial charge in [-0.15, -0.1) is 10.2 Å². The number of aromatic amines is 1. The first-order chi connectivity index (χ1) is 13.2. The van der Waals surface area contributed by atoms with Crippen molar-refractivity contribution in [3.63, 3.8) is 0 Å². The first-order valence-corrected chi connectivity index (χ1v) is 8.69. The number of pyridine rings is 2. The number of hydrogen-bond donors (Lipinski definition) is 1. The van der Waals surface area contributed by atoms with Gasteiger partial charge in [0.05, 0.1) is 5.69 Å². The maximum absolute atomic E-state index is 12.5. The van der Waals surface area contributed by atoms with Crippen molar-refractivity contribution in [1.82, 2.24) is 25.1 Å². The van der Waals surface area contributed by atoms with Crippen LogP contribution in [0.25, 0.3) is 11.4 Å². The average Bonchev–Trinajstić information content (AvgIpc) is 2.74. The van der Waals surface area contributed by atoms with E-state index in [1.807, 2.05) is 30.3 Å². The van der Waals surface area contributed by atoms with Crippen molar-refractivity contribution in [1.29, 1.82) is 0 Å². The molecule has 0 aromatic carbocycles. The molecule has 0 saturated carbocycles. The van der Waals surface area contributed by atoms with Crippen LogP contribution < -0.4 is 10.5 Å². The van der Waals surface area contributed by atoms with Crippen LogP contribution in [-0.2, 0) is 0 Å². The largest absolute Gasteiger partial charge is 0.352 e. The summed E-state index contributed by atoms with van der Waals surface area (Å²) >= 11 is 0. The lowest BCUT2D eigenvalue weighted by Crippen LogP contribution is -2.49. The summed E-state index contributed by atoms with van der Waals surface area (Å²) in [6, 6.07) is 12.7. The maximum Gasteiger partial charge on any atom is 0.260 e. The summed E-state index contributed by atoms with van der Waals surface area (Å²) in [7, 11) is 0. The zero-order valence-corrected chi connectivity index (χ0v) is 14.6. The monoisotopic (exact) mass is 362 g/mol. The molecule has 3 aromatic rings. The number of aromatic nitrogens is 4. The molecular weight excluding hydrogens is 344 g/mol. The van der Waals surface area contributed by atoms with E-state index in [9.17, 15) is 9.59 Å². The van der Waals surface area contributed by atoms with Gasteiger partial charge in [0, 0.05) is 38.6 Å². The van der Waals surface area contributed by atoms with E-state index >= 15 is 0 Å². The number of hydrogen-bond acceptors (Lipinski definition) is 6. The van der Waals surface area contributed by atoms with Crippen molar-refractivity contribution in [3.8, 4) is 11.4 Å². The molecule has 1 aliphatic heterocycles. The topological polar surface area (TPSA) is 95.1 Å². The number of amides is 1.